The smallest absolute Gasteiger partial charge is 0.411 e. The molecule has 2 rings (SSSR count). The maximum absolute atomic E-state index is 11.4. The molecule has 0 atom stereocenters. The SMILES string of the molecule is COC(=O)Nc1ccc(Cl)cc1Cn1cc(Cl)cc(C(N)=O)c1=N.Cl. The molecule has 0 bridgehead atoms. The van der Waals surface area contributed by atoms with Crippen LogP contribution in [0.1, 0.15) is 15.9 Å². The number of halogens is 3. The Kier molecular flexibility index (Phi) is 7.29. The van der Waals surface area contributed by atoms with E-state index in [9.17, 15) is 9.59 Å². The van der Waals surface area contributed by atoms with Crippen molar-refractivity contribution >= 4 is 53.3 Å². The maximum Gasteiger partial charge on any atom is 0.411 e. The number of rotatable bonds is 4. The van der Waals surface area contributed by atoms with Crippen LogP contribution in [0.4, 0.5) is 10.5 Å². The molecule has 1 aromatic carbocycles. The van der Waals surface area contributed by atoms with E-state index in [0.29, 0.717) is 16.3 Å². The Bertz CT molecular complexity index is 868. The van der Waals surface area contributed by atoms with Gasteiger partial charge in [-0.25, -0.2) is 4.79 Å². The molecule has 0 fully saturated rings. The van der Waals surface area contributed by atoms with E-state index >= 15 is 0 Å². The summed E-state index contributed by atoms with van der Waals surface area (Å²) in [5, 5.41) is 11.3. The highest BCUT2D eigenvalue weighted by molar-refractivity contribution is 6.31. The van der Waals surface area contributed by atoms with Gasteiger partial charge in [0.2, 0.25) is 0 Å². The topological polar surface area (TPSA) is 110 Å². The summed E-state index contributed by atoms with van der Waals surface area (Å²) in [7, 11) is 1.25. The summed E-state index contributed by atoms with van der Waals surface area (Å²) in [6, 6.07) is 6.17. The third-order valence-corrected chi connectivity index (χ3v) is 3.64. The van der Waals surface area contributed by atoms with Crippen LogP contribution in [-0.4, -0.2) is 23.7 Å². The number of ether oxygens (including phenoxy) is 1. The Labute approximate surface area is 159 Å². The monoisotopic (exact) mass is 404 g/mol. The first kappa shape index (κ1) is 20.8. The molecule has 0 radical (unpaired) electrons. The Morgan fingerprint density at radius 2 is 1.96 bits per heavy atom. The van der Waals surface area contributed by atoms with E-state index in [4.69, 9.17) is 34.3 Å². The number of amides is 2. The minimum atomic E-state index is -0.754. The number of pyridine rings is 1. The van der Waals surface area contributed by atoms with Gasteiger partial charge in [-0.3, -0.25) is 15.5 Å². The number of nitrogens with one attached hydrogen (secondary N) is 2. The molecular weight excluding hydrogens is 391 g/mol. The standard InChI is InChI=1S/C15H14Cl2N4O3.ClH/c1-24-15(23)20-12-3-2-9(16)4-8(12)6-21-7-10(17)5-11(13(21)18)14(19)22;/h2-5,7,18H,6H2,1H3,(H2,19,22)(H,20,23);1H. The minimum absolute atomic E-state index is 0. The number of hydrogen-bond acceptors (Lipinski definition) is 4. The molecule has 1 aromatic heterocycles. The van der Waals surface area contributed by atoms with Crippen LogP contribution >= 0.6 is 35.6 Å². The largest absolute Gasteiger partial charge is 0.453 e. The van der Waals surface area contributed by atoms with E-state index in [1.807, 2.05) is 0 Å². The lowest BCUT2D eigenvalue weighted by Gasteiger charge is -2.14. The summed E-state index contributed by atoms with van der Waals surface area (Å²) in [5.74, 6) is -0.754. The lowest BCUT2D eigenvalue weighted by Crippen LogP contribution is -2.30. The second-order valence-electron chi connectivity index (χ2n) is 4.83. The van der Waals surface area contributed by atoms with Crippen LogP contribution in [0.5, 0.6) is 0 Å². The fourth-order valence-electron chi connectivity index (χ4n) is 2.08. The first-order valence-electron chi connectivity index (χ1n) is 6.69. The van der Waals surface area contributed by atoms with Crippen LogP contribution in [0.3, 0.4) is 0 Å². The summed E-state index contributed by atoms with van der Waals surface area (Å²) >= 11 is 12.0. The number of nitrogens with zero attached hydrogens (tertiary/aromatic N) is 1. The highest BCUT2D eigenvalue weighted by Crippen LogP contribution is 2.22. The average Bonchev–Trinajstić information content (AvgIpc) is 2.52. The molecule has 134 valence electrons. The van der Waals surface area contributed by atoms with Crippen molar-refractivity contribution in [1.29, 1.82) is 5.41 Å². The van der Waals surface area contributed by atoms with Gasteiger partial charge in [0.15, 0.2) is 0 Å². The number of hydrogen-bond donors (Lipinski definition) is 3. The van der Waals surface area contributed by atoms with Gasteiger partial charge in [-0.2, -0.15) is 0 Å². The lowest BCUT2D eigenvalue weighted by molar-refractivity contribution is 0.0997. The summed E-state index contributed by atoms with van der Waals surface area (Å²) in [6.45, 7) is 0.138. The molecule has 0 saturated heterocycles. The normalized spacial score (nSPS) is 9.88. The molecule has 10 heteroatoms. The number of benzene rings is 1. The molecule has 4 N–H and O–H groups in total. The fourth-order valence-corrected chi connectivity index (χ4v) is 2.51. The zero-order valence-electron chi connectivity index (χ0n) is 13.0. The molecule has 0 aliphatic carbocycles. The molecule has 2 aromatic rings. The minimum Gasteiger partial charge on any atom is -0.453 e. The second kappa shape index (κ2) is 8.75. The molecule has 7 nitrogen and oxygen atoms in total. The summed E-state index contributed by atoms with van der Waals surface area (Å²) in [4.78, 5) is 22.9. The van der Waals surface area contributed by atoms with Gasteiger partial charge in [-0.05, 0) is 29.8 Å². The molecule has 1 heterocycles. The Morgan fingerprint density at radius 3 is 2.56 bits per heavy atom. The predicted molar refractivity (Wildman–Crippen MR) is 97.6 cm³/mol. The number of carbonyl (C=O) groups is 2. The van der Waals surface area contributed by atoms with E-state index in [1.54, 1.807) is 18.2 Å². The molecular formula is C15H15Cl3N4O3. The summed E-state index contributed by atoms with van der Waals surface area (Å²) in [6.07, 6.45) is 0.845. The van der Waals surface area contributed by atoms with Crippen molar-refractivity contribution in [3.63, 3.8) is 0 Å². The number of anilines is 1. The number of aromatic nitrogens is 1. The van der Waals surface area contributed by atoms with E-state index in [2.05, 4.69) is 10.1 Å². The van der Waals surface area contributed by atoms with Gasteiger partial charge in [0.1, 0.15) is 5.49 Å². The van der Waals surface area contributed by atoms with Gasteiger partial charge in [0.25, 0.3) is 5.91 Å². The van der Waals surface area contributed by atoms with Gasteiger partial charge >= 0.3 is 6.09 Å². The first-order chi connectivity index (χ1) is 11.3. The van der Waals surface area contributed by atoms with E-state index in [1.165, 1.54) is 23.9 Å². The highest BCUT2D eigenvalue weighted by atomic mass is 35.5. The third-order valence-electron chi connectivity index (χ3n) is 3.20. The summed E-state index contributed by atoms with van der Waals surface area (Å²) < 4.78 is 6.00. The Morgan fingerprint density at radius 1 is 1.28 bits per heavy atom. The van der Waals surface area contributed by atoms with Gasteiger partial charge in [0, 0.05) is 16.9 Å². The van der Waals surface area contributed by atoms with Crippen molar-refractivity contribution in [3.05, 3.63) is 57.1 Å². The van der Waals surface area contributed by atoms with Crippen LogP contribution in [0, 0.1) is 5.41 Å². The van der Waals surface area contributed by atoms with Crippen molar-refractivity contribution in [2.24, 2.45) is 5.73 Å². The van der Waals surface area contributed by atoms with Crippen LogP contribution < -0.4 is 16.5 Å². The maximum atomic E-state index is 11.4. The molecule has 0 aliphatic heterocycles. The summed E-state index contributed by atoms with van der Waals surface area (Å²) in [5.41, 5.74) is 6.21. The lowest BCUT2D eigenvalue weighted by atomic mass is 10.1. The average molecular weight is 406 g/mol. The fraction of sp³-hybridized carbons (Fsp3) is 0.133. The Balaban J connectivity index is 0.00000312. The molecule has 0 spiro atoms. The van der Waals surface area contributed by atoms with Gasteiger partial charge in [-0.15, -0.1) is 12.4 Å². The van der Waals surface area contributed by atoms with E-state index in [-0.39, 0.29) is 35.0 Å². The quantitative estimate of drug-likeness (QED) is 0.727. The highest BCUT2D eigenvalue weighted by Gasteiger charge is 2.12. The number of nitrogens with two attached hydrogens (primary N) is 1. The van der Waals surface area contributed by atoms with E-state index in [0.717, 1.165) is 0 Å². The van der Waals surface area contributed by atoms with Crippen LogP contribution in [-0.2, 0) is 11.3 Å². The molecule has 2 amide bonds. The second-order valence-corrected chi connectivity index (χ2v) is 5.70. The number of primary amides is 1. The number of methoxy groups -OCH3 is 1. The van der Waals surface area contributed by atoms with Gasteiger partial charge < -0.3 is 15.0 Å². The van der Waals surface area contributed by atoms with Crippen LogP contribution in [0.25, 0.3) is 0 Å². The Hall–Kier alpha value is -2.22. The molecule has 25 heavy (non-hydrogen) atoms. The van der Waals surface area contributed by atoms with Crippen LogP contribution in [0.2, 0.25) is 10.0 Å². The van der Waals surface area contributed by atoms with Crippen molar-refractivity contribution in [1.82, 2.24) is 4.57 Å². The number of carbonyl (C=O) groups excluding carboxylic acids is 2. The zero-order valence-corrected chi connectivity index (χ0v) is 15.3. The van der Waals surface area contributed by atoms with Crippen molar-refractivity contribution in [2.45, 2.75) is 6.54 Å². The van der Waals surface area contributed by atoms with Crippen molar-refractivity contribution in [2.75, 3.05) is 12.4 Å². The molecule has 0 unspecified atom stereocenters. The predicted octanol–water partition coefficient (Wildman–Crippen LogP) is 3.02. The molecule has 0 aliphatic rings. The first-order valence-corrected chi connectivity index (χ1v) is 7.45. The zero-order chi connectivity index (χ0) is 17.9. The molecule has 0 saturated carbocycles. The van der Waals surface area contributed by atoms with E-state index < -0.39 is 12.0 Å². The van der Waals surface area contributed by atoms with Gasteiger partial charge in [-0.1, -0.05) is 23.2 Å². The van der Waals surface area contributed by atoms with Gasteiger partial charge in [0.05, 0.1) is 24.2 Å². The van der Waals surface area contributed by atoms with Crippen molar-refractivity contribution in [3.8, 4) is 0 Å². The third kappa shape index (κ3) is 5.12. The van der Waals surface area contributed by atoms with Crippen molar-refractivity contribution < 1.29 is 14.3 Å². The van der Waals surface area contributed by atoms with Crippen LogP contribution in [0.15, 0.2) is 30.5 Å².